The van der Waals surface area contributed by atoms with Crippen molar-refractivity contribution in [1.82, 2.24) is 0 Å². The number of aliphatic hydroxyl groups excluding tert-OH is 10. The van der Waals surface area contributed by atoms with Crippen LogP contribution in [-0.2, 0) is 61.2 Å². The van der Waals surface area contributed by atoms with Crippen molar-refractivity contribution in [3.8, 4) is 0 Å². The fourth-order valence-corrected chi connectivity index (χ4v) is 14.3. The number of phosphoric ester groups is 1. The molecule has 0 aromatic carbocycles. The third-order valence-corrected chi connectivity index (χ3v) is 20.8. The minimum atomic E-state index is -5.69. The van der Waals surface area contributed by atoms with Crippen LogP contribution in [0.5, 0.6) is 0 Å². The van der Waals surface area contributed by atoms with Gasteiger partial charge in [-0.3, -0.25) is 23.4 Å². The molecule has 19 unspecified atom stereocenters. The Kier molecular flexibility index (Phi) is 51.0. The van der Waals surface area contributed by atoms with Crippen LogP contribution in [0.3, 0.4) is 0 Å². The van der Waals surface area contributed by atoms with E-state index >= 15 is 0 Å². The monoisotopic (exact) mass is 1440 g/mol. The minimum absolute atomic E-state index is 0.0328. The van der Waals surface area contributed by atoms with E-state index in [4.69, 9.17) is 42.2 Å². The first kappa shape index (κ1) is 91.2. The second kappa shape index (κ2) is 55.4. The minimum Gasteiger partial charge on any atom is -0.463 e. The van der Waals surface area contributed by atoms with Crippen LogP contribution in [0.4, 0.5) is 0 Å². The molecule has 0 aromatic rings. The van der Waals surface area contributed by atoms with E-state index in [-0.39, 0.29) is 19.3 Å². The van der Waals surface area contributed by atoms with Crippen LogP contribution >= 0.6 is 7.82 Å². The van der Waals surface area contributed by atoms with Gasteiger partial charge in [0.15, 0.2) is 18.7 Å². The average molecular weight is 1440 g/mol. The molecule has 0 spiro atoms. The summed E-state index contributed by atoms with van der Waals surface area (Å²) in [5, 5.41) is 110. The number of unbranched alkanes of at least 4 members (excludes halogenated alkanes) is 36. The van der Waals surface area contributed by atoms with Crippen LogP contribution in [0.15, 0.2) is 0 Å². The van der Waals surface area contributed by atoms with Gasteiger partial charge in [-0.05, 0) is 25.2 Å². The summed E-state index contributed by atoms with van der Waals surface area (Å²) in [5.74, 6) is -1.28. The molecule has 3 aliphatic rings. The van der Waals surface area contributed by atoms with Crippen LogP contribution in [-0.4, -0.2) is 204 Å². The Morgan fingerprint density at radius 2 is 0.707 bits per heavy atom. The maximum Gasteiger partial charge on any atom is 0.472 e. The van der Waals surface area contributed by atoms with E-state index in [1.807, 2.05) is 0 Å². The van der Waals surface area contributed by atoms with Gasteiger partial charge in [-0.25, -0.2) is 4.57 Å². The van der Waals surface area contributed by atoms with Crippen molar-refractivity contribution in [3.05, 3.63) is 0 Å². The molecule has 584 valence electrons. The van der Waals surface area contributed by atoms with Crippen molar-refractivity contribution >= 4 is 25.7 Å². The Labute approximate surface area is 593 Å². The molecule has 19 atom stereocenters. The number of carbonyl (C=O) groups excluding carboxylic acids is 3. The smallest absolute Gasteiger partial charge is 0.463 e. The van der Waals surface area contributed by atoms with Crippen LogP contribution in [0, 0.1) is 5.92 Å². The van der Waals surface area contributed by atoms with E-state index in [1.165, 1.54) is 154 Å². The second-order valence-electron chi connectivity index (χ2n) is 28.7. The first-order valence-corrected chi connectivity index (χ1v) is 40.7. The van der Waals surface area contributed by atoms with Gasteiger partial charge in [0.05, 0.1) is 13.2 Å². The number of esters is 3. The van der Waals surface area contributed by atoms with Crippen molar-refractivity contribution in [2.75, 3.05) is 26.4 Å². The highest BCUT2D eigenvalue weighted by Crippen LogP contribution is 2.49. The molecule has 2 heterocycles. The molecule has 2 aliphatic heterocycles. The van der Waals surface area contributed by atoms with E-state index in [0.717, 1.165) is 96.3 Å². The van der Waals surface area contributed by atoms with Crippen molar-refractivity contribution in [3.63, 3.8) is 0 Å². The van der Waals surface area contributed by atoms with Gasteiger partial charge >= 0.3 is 25.7 Å². The molecule has 0 bridgehead atoms. The van der Waals surface area contributed by atoms with Gasteiger partial charge in [-0.15, -0.1) is 0 Å². The maximum atomic E-state index is 14.4. The molecule has 24 nitrogen and oxygen atoms in total. The number of rotatable bonds is 61. The standard InChI is InChI=1S/C74H139O24P/c1-5-8-11-14-17-19-21-23-24-25-26-28-30-32-39-44-49-60(78)93-55(51-90-58(76)47-42-38-34-33-36-41-46-54(4)45-40-35-16-13-10-7-3)52-92-99(88,89)98-72-70(96-73-68(86)63(81)61(79)56(50-75)94-73)66(84)65(83)67(85)71(72)97-74-69(87)64(82)62(80)57(95-74)53-91-59(77)48-43-37-31-29-27-22-20-18-15-12-9-6-2/h54-57,61-75,79-87H,5-53H2,1-4H3,(H,88,89). The number of hydrogen-bond acceptors (Lipinski definition) is 23. The largest absolute Gasteiger partial charge is 0.472 e. The highest BCUT2D eigenvalue weighted by molar-refractivity contribution is 7.47. The Hall–Kier alpha value is -2.04. The molecule has 0 aromatic heterocycles. The highest BCUT2D eigenvalue weighted by atomic mass is 31.2. The number of ether oxygens (including phenoxy) is 7. The van der Waals surface area contributed by atoms with Gasteiger partial charge in [0.25, 0.3) is 0 Å². The zero-order chi connectivity index (χ0) is 72.6. The molecular weight excluding hydrogens is 1300 g/mol. The molecule has 99 heavy (non-hydrogen) atoms. The first-order chi connectivity index (χ1) is 47.7. The summed E-state index contributed by atoms with van der Waals surface area (Å²) in [6.07, 6.45) is 11.6. The van der Waals surface area contributed by atoms with Crippen molar-refractivity contribution in [1.29, 1.82) is 0 Å². The highest BCUT2D eigenvalue weighted by Gasteiger charge is 2.58. The van der Waals surface area contributed by atoms with Gasteiger partial charge in [0.1, 0.15) is 98.7 Å². The molecule has 3 fully saturated rings. The Morgan fingerprint density at radius 1 is 0.384 bits per heavy atom. The van der Waals surface area contributed by atoms with Crippen LogP contribution < -0.4 is 0 Å². The number of hydrogen-bond donors (Lipinski definition) is 11. The fourth-order valence-electron chi connectivity index (χ4n) is 13.3. The number of phosphoric acid groups is 1. The van der Waals surface area contributed by atoms with Crippen molar-refractivity contribution in [2.45, 2.75) is 421 Å². The third kappa shape index (κ3) is 38.7. The lowest BCUT2D eigenvalue weighted by Crippen LogP contribution is -2.69. The average Bonchev–Trinajstić information content (AvgIpc) is 0.762. The Balaban J connectivity index is 1.73. The van der Waals surface area contributed by atoms with Gasteiger partial charge in [0.2, 0.25) is 0 Å². The summed E-state index contributed by atoms with van der Waals surface area (Å²) in [6.45, 7) is 5.80. The van der Waals surface area contributed by atoms with Crippen molar-refractivity contribution in [2.24, 2.45) is 5.92 Å². The third-order valence-electron chi connectivity index (χ3n) is 19.8. The van der Waals surface area contributed by atoms with Crippen LogP contribution in [0.2, 0.25) is 0 Å². The maximum absolute atomic E-state index is 14.4. The predicted octanol–water partition coefficient (Wildman–Crippen LogP) is 11.2. The van der Waals surface area contributed by atoms with E-state index in [9.17, 15) is 74.9 Å². The lowest BCUT2D eigenvalue weighted by atomic mass is 9.84. The SMILES string of the molecule is CCCCCCCCCCCCCCCCCCC(=O)OC(COC(=O)CCCCCCCCC(C)CCCCCCCC)COP(=O)(O)OC1C(OC2OC(CO)C(O)C(O)C2O)C(O)C(O)C(O)C1OC1OC(COC(=O)CCCCCCCCCCCCCC)C(O)C(O)C1O. The molecule has 25 heteroatoms. The molecule has 0 amide bonds. The Morgan fingerprint density at radius 3 is 1.09 bits per heavy atom. The molecule has 1 aliphatic carbocycles. The summed E-state index contributed by atoms with van der Waals surface area (Å²) < 4.78 is 65.2. The summed E-state index contributed by atoms with van der Waals surface area (Å²) in [7, 11) is -5.69. The van der Waals surface area contributed by atoms with Gasteiger partial charge in [-0.2, -0.15) is 0 Å². The zero-order valence-corrected chi connectivity index (χ0v) is 62.1. The molecule has 2 saturated heterocycles. The fraction of sp³-hybridized carbons (Fsp3) is 0.959. The van der Waals surface area contributed by atoms with Crippen molar-refractivity contribution < 1.29 is 117 Å². The quantitative estimate of drug-likeness (QED) is 0.0117. The lowest BCUT2D eigenvalue weighted by molar-refractivity contribution is -0.360. The van der Waals surface area contributed by atoms with Crippen LogP contribution in [0.25, 0.3) is 0 Å². The summed E-state index contributed by atoms with van der Waals surface area (Å²) in [6, 6.07) is 0. The number of aliphatic hydroxyl groups is 10. The summed E-state index contributed by atoms with van der Waals surface area (Å²) in [4.78, 5) is 51.1. The predicted molar refractivity (Wildman–Crippen MR) is 375 cm³/mol. The summed E-state index contributed by atoms with van der Waals surface area (Å²) >= 11 is 0. The normalized spacial score (nSPS) is 27.7. The molecule has 1 saturated carbocycles. The van der Waals surface area contributed by atoms with Crippen LogP contribution in [0.1, 0.15) is 317 Å². The van der Waals surface area contributed by atoms with Gasteiger partial charge in [-0.1, -0.05) is 278 Å². The van der Waals surface area contributed by atoms with E-state index in [1.54, 1.807) is 0 Å². The van der Waals surface area contributed by atoms with E-state index in [0.29, 0.717) is 25.2 Å². The van der Waals surface area contributed by atoms with E-state index < -0.39 is 156 Å². The molecule has 11 N–H and O–H groups in total. The van der Waals surface area contributed by atoms with Gasteiger partial charge < -0.3 is 89.1 Å². The van der Waals surface area contributed by atoms with E-state index in [2.05, 4.69) is 27.7 Å². The molecular formula is C74H139O24P. The topological polar surface area (TPSA) is 374 Å². The molecule has 3 rings (SSSR count). The summed E-state index contributed by atoms with van der Waals surface area (Å²) in [5.41, 5.74) is 0. The zero-order valence-electron chi connectivity index (χ0n) is 61.2. The Bertz CT molecular complexity index is 2060. The second-order valence-corrected chi connectivity index (χ2v) is 30.1. The lowest BCUT2D eigenvalue weighted by Gasteiger charge is -2.49. The number of carbonyl (C=O) groups is 3. The molecule has 0 radical (unpaired) electrons. The van der Waals surface area contributed by atoms with Gasteiger partial charge in [0, 0.05) is 19.3 Å². The first-order valence-electron chi connectivity index (χ1n) is 39.2.